The lowest BCUT2D eigenvalue weighted by molar-refractivity contribution is -0.117. The molecule has 6 nitrogen and oxygen atoms in total. The molecular formula is C22H23N3O3. The van der Waals surface area contributed by atoms with Crippen LogP contribution in [0.25, 0.3) is 11.4 Å². The van der Waals surface area contributed by atoms with Gasteiger partial charge >= 0.3 is 0 Å². The monoisotopic (exact) mass is 377 g/mol. The van der Waals surface area contributed by atoms with Crippen LogP contribution in [0.5, 0.6) is 5.75 Å². The first-order valence-electron chi connectivity index (χ1n) is 9.32. The Hall–Kier alpha value is -3.15. The molecule has 1 aromatic heterocycles. The zero-order valence-corrected chi connectivity index (χ0v) is 16.5. The molecule has 0 N–H and O–H groups in total. The molecule has 144 valence electrons. The van der Waals surface area contributed by atoms with E-state index >= 15 is 0 Å². The highest BCUT2D eigenvalue weighted by atomic mass is 16.5. The van der Waals surface area contributed by atoms with E-state index in [4.69, 9.17) is 9.26 Å². The Balaban J connectivity index is 1.59. The van der Waals surface area contributed by atoms with Crippen LogP contribution in [-0.4, -0.2) is 29.7 Å². The van der Waals surface area contributed by atoms with Crippen molar-refractivity contribution >= 4 is 11.6 Å². The van der Waals surface area contributed by atoms with Gasteiger partial charge in [-0.3, -0.25) is 4.79 Å². The lowest BCUT2D eigenvalue weighted by Gasteiger charge is -2.21. The maximum atomic E-state index is 12.7. The molecule has 0 radical (unpaired) electrons. The van der Waals surface area contributed by atoms with Crippen LogP contribution in [0, 0.1) is 20.8 Å². The van der Waals surface area contributed by atoms with Crippen LogP contribution in [0.15, 0.2) is 40.9 Å². The number of hydrogen-bond donors (Lipinski definition) is 0. The minimum absolute atomic E-state index is 0.0844. The van der Waals surface area contributed by atoms with Crippen LogP contribution in [0.4, 0.5) is 5.69 Å². The predicted octanol–water partition coefficient (Wildman–Crippen LogP) is 4.19. The lowest BCUT2D eigenvalue weighted by Crippen LogP contribution is -2.26. The summed E-state index contributed by atoms with van der Waals surface area (Å²) in [6.45, 7) is 6.70. The highest BCUT2D eigenvalue weighted by molar-refractivity contribution is 5.97. The third kappa shape index (κ3) is 3.26. The van der Waals surface area contributed by atoms with Gasteiger partial charge in [-0.05, 0) is 44.0 Å². The van der Waals surface area contributed by atoms with Crippen molar-refractivity contribution in [3.8, 4) is 17.1 Å². The molecule has 2 heterocycles. The van der Waals surface area contributed by atoms with Crippen molar-refractivity contribution in [2.45, 2.75) is 33.1 Å². The van der Waals surface area contributed by atoms with Gasteiger partial charge in [0.1, 0.15) is 5.75 Å². The number of hydrogen-bond acceptors (Lipinski definition) is 5. The highest BCUT2D eigenvalue weighted by Crippen LogP contribution is 2.35. The normalized spacial score (nSPS) is 16.6. The summed E-state index contributed by atoms with van der Waals surface area (Å²) in [6, 6.07) is 11.7. The van der Waals surface area contributed by atoms with Crippen molar-refractivity contribution in [3.05, 3.63) is 59.0 Å². The molecule has 4 rings (SSSR count). The number of ether oxygens (including phenoxy) is 1. The van der Waals surface area contributed by atoms with Gasteiger partial charge in [-0.2, -0.15) is 4.98 Å². The zero-order chi connectivity index (χ0) is 19.8. The maximum absolute atomic E-state index is 12.7. The van der Waals surface area contributed by atoms with Gasteiger partial charge in [0, 0.05) is 24.2 Å². The van der Waals surface area contributed by atoms with Crippen molar-refractivity contribution in [1.82, 2.24) is 10.1 Å². The minimum Gasteiger partial charge on any atom is -0.497 e. The molecule has 2 aromatic carbocycles. The van der Waals surface area contributed by atoms with Gasteiger partial charge < -0.3 is 14.2 Å². The van der Waals surface area contributed by atoms with Gasteiger partial charge in [-0.15, -0.1) is 0 Å². The Kier molecular flexibility index (Phi) is 4.63. The molecule has 1 amide bonds. The number of anilines is 1. The fourth-order valence-electron chi connectivity index (χ4n) is 3.97. The van der Waals surface area contributed by atoms with Crippen LogP contribution in [0.2, 0.25) is 0 Å². The molecule has 1 fully saturated rings. The third-order valence-electron chi connectivity index (χ3n) is 5.15. The molecule has 0 spiro atoms. The summed E-state index contributed by atoms with van der Waals surface area (Å²) in [7, 11) is 1.62. The van der Waals surface area contributed by atoms with Gasteiger partial charge in [-0.25, -0.2) is 0 Å². The number of methoxy groups -OCH3 is 1. The summed E-state index contributed by atoms with van der Waals surface area (Å²) in [6.07, 6.45) is 0.368. The fourth-order valence-corrected chi connectivity index (χ4v) is 3.97. The Bertz CT molecular complexity index is 1020. The van der Waals surface area contributed by atoms with E-state index in [1.807, 2.05) is 43.0 Å². The number of rotatable bonds is 4. The zero-order valence-electron chi connectivity index (χ0n) is 16.5. The number of aryl methyl sites for hydroxylation is 3. The molecular weight excluding hydrogens is 354 g/mol. The van der Waals surface area contributed by atoms with E-state index in [2.05, 4.69) is 29.2 Å². The highest BCUT2D eigenvalue weighted by Gasteiger charge is 2.36. The molecule has 28 heavy (non-hydrogen) atoms. The van der Waals surface area contributed by atoms with Gasteiger partial charge in [0.05, 0.1) is 13.0 Å². The van der Waals surface area contributed by atoms with Crippen molar-refractivity contribution in [1.29, 1.82) is 0 Å². The molecule has 0 bridgehead atoms. The van der Waals surface area contributed by atoms with Crippen LogP contribution in [-0.2, 0) is 4.79 Å². The standard InChI is InChI=1S/C22H23N3O3/c1-13-8-14(2)20(15(3)9-13)25-12-17(11-19(25)26)22-23-21(24-28-22)16-6-5-7-18(10-16)27-4/h5-10,17H,11-12H2,1-4H3. The maximum Gasteiger partial charge on any atom is 0.232 e. The van der Waals surface area contributed by atoms with Crippen LogP contribution in [0.3, 0.4) is 0 Å². The molecule has 1 aliphatic heterocycles. The van der Waals surface area contributed by atoms with Gasteiger partial charge in [0.25, 0.3) is 0 Å². The van der Waals surface area contributed by atoms with E-state index < -0.39 is 0 Å². The molecule has 6 heteroatoms. The first-order valence-corrected chi connectivity index (χ1v) is 9.32. The van der Waals surface area contributed by atoms with Crippen molar-refractivity contribution in [3.63, 3.8) is 0 Å². The van der Waals surface area contributed by atoms with Gasteiger partial charge in [-0.1, -0.05) is 35.0 Å². The molecule has 1 atom stereocenters. The van der Waals surface area contributed by atoms with Crippen LogP contribution in [0.1, 0.15) is 34.9 Å². The van der Waals surface area contributed by atoms with Crippen molar-refractivity contribution in [2.75, 3.05) is 18.6 Å². The summed E-state index contributed by atoms with van der Waals surface area (Å²) < 4.78 is 10.8. The number of benzene rings is 2. The quantitative estimate of drug-likeness (QED) is 0.682. The number of nitrogens with zero attached hydrogens (tertiary/aromatic N) is 3. The summed E-state index contributed by atoms with van der Waals surface area (Å²) >= 11 is 0. The van der Waals surface area contributed by atoms with Crippen LogP contribution >= 0.6 is 0 Å². The predicted molar refractivity (Wildman–Crippen MR) is 107 cm³/mol. The SMILES string of the molecule is COc1cccc(-c2noc(C3CC(=O)N(c4c(C)cc(C)cc4C)C3)n2)c1. The number of amides is 1. The van der Waals surface area contributed by atoms with Crippen molar-refractivity contribution < 1.29 is 14.1 Å². The summed E-state index contributed by atoms with van der Waals surface area (Å²) in [5.41, 5.74) is 5.22. The minimum atomic E-state index is -0.112. The molecule has 0 saturated carbocycles. The third-order valence-corrected chi connectivity index (χ3v) is 5.15. The largest absolute Gasteiger partial charge is 0.497 e. The second kappa shape index (κ2) is 7.11. The first kappa shape index (κ1) is 18.2. The Morgan fingerprint density at radius 3 is 2.61 bits per heavy atom. The van der Waals surface area contributed by atoms with E-state index in [1.54, 1.807) is 7.11 Å². The van der Waals surface area contributed by atoms with Crippen LogP contribution < -0.4 is 9.64 Å². The van der Waals surface area contributed by atoms with E-state index in [-0.39, 0.29) is 11.8 Å². The lowest BCUT2D eigenvalue weighted by atomic mass is 10.0. The first-order chi connectivity index (χ1) is 13.5. The average molecular weight is 377 g/mol. The smallest absolute Gasteiger partial charge is 0.232 e. The summed E-state index contributed by atoms with van der Waals surface area (Å²) in [5.74, 6) is 1.70. The Morgan fingerprint density at radius 1 is 1.14 bits per heavy atom. The van der Waals surface area contributed by atoms with E-state index in [9.17, 15) is 4.79 Å². The average Bonchev–Trinajstić information content (AvgIpc) is 3.28. The van der Waals surface area contributed by atoms with E-state index in [1.165, 1.54) is 5.56 Å². The van der Waals surface area contributed by atoms with Crippen molar-refractivity contribution in [2.24, 2.45) is 0 Å². The number of aromatic nitrogens is 2. The summed E-state index contributed by atoms with van der Waals surface area (Å²) in [4.78, 5) is 19.1. The second-order valence-electron chi connectivity index (χ2n) is 7.34. The van der Waals surface area contributed by atoms with Gasteiger partial charge in [0.15, 0.2) is 0 Å². The molecule has 0 aliphatic carbocycles. The van der Waals surface area contributed by atoms with E-state index in [0.29, 0.717) is 24.7 Å². The molecule has 3 aromatic rings. The Labute approximate surface area is 164 Å². The molecule has 1 aliphatic rings. The molecule has 1 unspecified atom stereocenters. The van der Waals surface area contributed by atoms with E-state index in [0.717, 1.165) is 28.1 Å². The molecule has 1 saturated heterocycles. The van der Waals surface area contributed by atoms with Gasteiger partial charge in [0.2, 0.25) is 17.6 Å². The summed E-state index contributed by atoms with van der Waals surface area (Å²) in [5, 5.41) is 4.10. The number of carbonyl (C=O) groups is 1. The topological polar surface area (TPSA) is 68.5 Å². The Morgan fingerprint density at radius 2 is 1.89 bits per heavy atom. The second-order valence-corrected chi connectivity index (χ2v) is 7.34. The number of carbonyl (C=O) groups excluding carboxylic acids is 1. The fraction of sp³-hybridized carbons (Fsp3) is 0.318.